The van der Waals surface area contributed by atoms with Gasteiger partial charge in [0.05, 0.1) is 21.5 Å². The number of nitrogens with zero attached hydrogens (tertiary/aromatic N) is 1. The standard InChI is InChI=1S/C18H15F2N3O4S/c19-18(20)28(26,27)14-8-4-3-7-13(14)22-16(24)10-9-15-21-12-6-2-1-5-11(12)17(25)23-15/h1-8,18H,9-10H2,(H,22,24)(H,21,23,25). The number of para-hydroxylation sites is 2. The molecule has 0 atom stereocenters. The number of anilines is 1. The highest BCUT2D eigenvalue weighted by Crippen LogP contribution is 2.26. The van der Waals surface area contributed by atoms with Crippen LogP contribution in [0.5, 0.6) is 0 Å². The van der Waals surface area contributed by atoms with E-state index in [0.29, 0.717) is 10.9 Å². The predicted octanol–water partition coefficient (Wildman–Crippen LogP) is 2.49. The lowest BCUT2D eigenvalue weighted by Crippen LogP contribution is -2.19. The van der Waals surface area contributed by atoms with Crippen LogP contribution in [-0.2, 0) is 21.1 Å². The number of nitrogens with one attached hydrogen (secondary N) is 2. The zero-order chi connectivity index (χ0) is 20.3. The molecule has 0 aliphatic rings. The first kappa shape index (κ1) is 19.6. The van der Waals surface area contributed by atoms with Crippen LogP contribution in [0.15, 0.2) is 58.2 Å². The Bertz CT molecular complexity index is 1190. The summed E-state index contributed by atoms with van der Waals surface area (Å²) >= 11 is 0. The van der Waals surface area contributed by atoms with Gasteiger partial charge in [0.2, 0.25) is 15.7 Å². The Kier molecular flexibility index (Phi) is 5.50. The van der Waals surface area contributed by atoms with Gasteiger partial charge in [0.25, 0.3) is 5.56 Å². The number of aryl methyl sites for hydroxylation is 1. The van der Waals surface area contributed by atoms with Crippen LogP contribution in [0.3, 0.4) is 0 Å². The van der Waals surface area contributed by atoms with Crippen LogP contribution in [0.1, 0.15) is 12.2 Å². The molecule has 0 radical (unpaired) electrons. The molecule has 0 aliphatic carbocycles. The molecule has 0 bridgehead atoms. The maximum Gasteiger partial charge on any atom is 0.341 e. The first-order valence-corrected chi connectivity index (χ1v) is 9.72. The molecule has 0 saturated carbocycles. The fraction of sp³-hybridized carbons (Fsp3) is 0.167. The highest BCUT2D eigenvalue weighted by molar-refractivity contribution is 7.91. The molecule has 2 aromatic carbocycles. The monoisotopic (exact) mass is 407 g/mol. The van der Waals surface area contributed by atoms with Crippen LogP contribution in [0.25, 0.3) is 10.9 Å². The van der Waals surface area contributed by atoms with Gasteiger partial charge in [-0.2, -0.15) is 8.78 Å². The molecule has 0 saturated heterocycles. The molecular weight excluding hydrogens is 392 g/mol. The molecule has 3 aromatic rings. The number of aromatic amines is 1. The van der Waals surface area contributed by atoms with Gasteiger partial charge in [-0.05, 0) is 24.3 Å². The fourth-order valence-corrected chi connectivity index (χ4v) is 3.50. The largest absolute Gasteiger partial charge is 0.341 e. The second kappa shape index (κ2) is 7.85. The first-order chi connectivity index (χ1) is 13.3. The highest BCUT2D eigenvalue weighted by Gasteiger charge is 2.29. The van der Waals surface area contributed by atoms with Crippen molar-refractivity contribution in [1.82, 2.24) is 9.97 Å². The number of H-pyrrole nitrogens is 1. The molecule has 1 heterocycles. The molecular formula is C18H15F2N3O4S. The smallest absolute Gasteiger partial charge is 0.325 e. The number of fused-ring (bicyclic) bond motifs is 1. The number of carbonyl (C=O) groups excluding carboxylic acids is 1. The number of hydrogen-bond donors (Lipinski definition) is 2. The van der Waals surface area contributed by atoms with Gasteiger partial charge in [0, 0.05) is 12.8 Å². The van der Waals surface area contributed by atoms with Gasteiger partial charge < -0.3 is 10.3 Å². The second-order valence-electron chi connectivity index (χ2n) is 5.88. The van der Waals surface area contributed by atoms with Crippen molar-refractivity contribution < 1.29 is 22.0 Å². The average molecular weight is 407 g/mol. The average Bonchev–Trinajstić information content (AvgIpc) is 2.66. The molecule has 0 unspecified atom stereocenters. The third-order valence-electron chi connectivity index (χ3n) is 3.95. The SMILES string of the molecule is O=C(CCc1nc2ccccc2c(=O)[nH]1)Nc1ccccc1S(=O)(=O)C(F)F. The third kappa shape index (κ3) is 4.06. The van der Waals surface area contributed by atoms with Gasteiger partial charge in [-0.3, -0.25) is 9.59 Å². The van der Waals surface area contributed by atoms with Gasteiger partial charge in [0.15, 0.2) is 0 Å². The van der Waals surface area contributed by atoms with Gasteiger partial charge in [-0.1, -0.05) is 24.3 Å². The summed E-state index contributed by atoms with van der Waals surface area (Å²) in [7, 11) is -4.86. The zero-order valence-electron chi connectivity index (χ0n) is 14.4. The first-order valence-electron chi connectivity index (χ1n) is 8.18. The van der Waals surface area contributed by atoms with Crippen molar-refractivity contribution in [2.75, 3.05) is 5.32 Å². The van der Waals surface area contributed by atoms with Crippen molar-refractivity contribution in [2.45, 2.75) is 23.5 Å². The number of hydrogen-bond acceptors (Lipinski definition) is 5. The Labute approximate surface area is 158 Å². The van der Waals surface area contributed by atoms with E-state index in [-0.39, 0.29) is 29.9 Å². The lowest BCUT2D eigenvalue weighted by Gasteiger charge is -2.11. The molecule has 7 nitrogen and oxygen atoms in total. The molecule has 0 spiro atoms. The number of aromatic nitrogens is 2. The van der Waals surface area contributed by atoms with E-state index >= 15 is 0 Å². The molecule has 28 heavy (non-hydrogen) atoms. The second-order valence-corrected chi connectivity index (χ2v) is 7.77. The number of alkyl halides is 2. The molecule has 0 aliphatic heterocycles. The Balaban J connectivity index is 1.75. The van der Waals surface area contributed by atoms with Crippen LogP contribution in [-0.4, -0.2) is 30.1 Å². The predicted molar refractivity (Wildman–Crippen MR) is 98.9 cm³/mol. The summed E-state index contributed by atoms with van der Waals surface area (Å²) in [5.41, 5.74) is -0.0859. The molecule has 146 valence electrons. The Morgan fingerprint density at radius 1 is 1.11 bits per heavy atom. The van der Waals surface area contributed by atoms with Gasteiger partial charge in [-0.15, -0.1) is 0 Å². The van der Waals surface area contributed by atoms with E-state index in [0.717, 1.165) is 6.07 Å². The van der Waals surface area contributed by atoms with Gasteiger partial charge in [-0.25, -0.2) is 13.4 Å². The van der Waals surface area contributed by atoms with E-state index < -0.39 is 26.4 Å². The van der Waals surface area contributed by atoms with Crippen molar-refractivity contribution in [2.24, 2.45) is 0 Å². The number of benzene rings is 2. The van der Waals surface area contributed by atoms with E-state index in [1.165, 1.54) is 18.2 Å². The molecule has 1 aromatic heterocycles. The fourth-order valence-electron chi connectivity index (χ4n) is 2.61. The third-order valence-corrected chi connectivity index (χ3v) is 5.39. The van der Waals surface area contributed by atoms with Gasteiger partial charge >= 0.3 is 5.76 Å². The quantitative estimate of drug-likeness (QED) is 0.653. The number of sulfone groups is 1. The summed E-state index contributed by atoms with van der Waals surface area (Å²) < 4.78 is 49.1. The minimum absolute atomic E-state index is 0.0790. The van der Waals surface area contributed by atoms with E-state index in [1.54, 1.807) is 24.3 Å². The number of rotatable bonds is 6. The summed E-state index contributed by atoms with van der Waals surface area (Å²) in [4.78, 5) is 30.4. The van der Waals surface area contributed by atoms with Crippen LogP contribution in [0, 0.1) is 0 Å². The van der Waals surface area contributed by atoms with Crippen LogP contribution in [0.4, 0.5) is 14.5 Å². The maximum absolute atomic E-state index is 12.8. The van der Waals surface area contributed by atoms with E-state index in [4.69, 9.17) is 0 Å². The normalized spacial score (nSPS) is 11.7. The van der Waals surface area contributed by atoms with Crippen LogP contribution < -0.4 is 10.9 Å². The van der Waals surface area contributed by atoms with Crippen molar-refractivity contribution >= 4 is 32.3 Å². The zero-order valence-corrected chi connectivity index (χ0v) is 15.2. The topological polar surface area (TPSA) is 109 Å². The minimum Gasteiger partial charge on any atom is -0.325 e. The lowest BCUT2D eigenvalue weighted by molar-refractivity contribution is -0.116. The molecule has 0 fully saturated rings. The number of halogens is 2. The van der Waals surface area contributed by atoms with E-state index in [9.17, 15) is 26.8 Å². The summed E-state index contributed by atoms with van der Waals surface area (Å²) in [6, 6.07) is 11.7. The summed E-state index contributed by atoms with van der Waals surface area (Å²) in [6.45, 7) is 0. The summed E-state index contributed by atoms with van der Waals surface area (Å²) in [5.74, 6) is -3.92. The van der Waals surface area contributed by atoms with Crippen LogP contribution >= 0.6 is 0 Å². The van der Waals surface area contributed by atoms with Crippen LogP contribution in [0.2, 0.25) is 0 Å². The maximum atomic E-state index is 12.8. The van der Waals surface area contributed by atoms with Crippen molar-refractivity contribution in [3.8, 4) is 0 Å². The minimum atomic E-state index is -4.86. The molecule has 1 amide bonds. The number of carbonyl (C=O) groups is 1. The molecule has 3 rings (SSSR count). The van der Waals surface area contributed by atoms with E-state index in [1.807, 2.05) is 0 Å². The molecule has 10 heteroatoms. The van der Waals surface area contributed by atoms with Crippen molar-refractivity contribution in [3.05, 3.63) is 64.7 Å². The molecule has 2 N–H and O–H groups in total. The summed E-state index contributed by atoms with van der Waals surface area (Å²) in [6.07, 6.45) is -0.0555. The Morgan fingerprint density at radius 3 is 2.54 bits per heavy atom. The van der Waals surface area contributed by atoms with Crippen molar-refractivity contribution in [1.29, 1.82) is 0 Å². The summed E-state index contributed by atoms with van der Waals surface area (Å²) in [5, 5.41) is 2.74. The van der Waals surface area contributed by atoms with Crippen molar-refractivity contribution in [3.63, 3.8) is 0 Å². The number of amides is 1. The van der Waals surface area contributed by atoms with Gasteiger partial charge in [0.1, 0.15) is 5.82 Å². The van der Waals surface area contributed by atoms with E-state index in [2.05, 4.69) is 15.3 Å². The Hall–Kier alpha value is -3.14. The Morgan fingerprint density at radius 2 is 1.79 bits per heavy atom. The lowest BCUT2D eigenvalue weighted by atomic mass is 10.2. The highest BCUT2D eigenvalue weighted by atomic mass is 32.2.